The number of rotatable bonds is 6. The van der Waals surface area contributed by atoms with E-state index in [2.05, 4.69) is 4.98 Å². The van der Waals surface area contributed by atoms with Crippen LogP contribution in [0.5, 0.6) is 0 Å². The highest BCUT2D eigenvalue weighted by Crippen LogP contribution is 2.24. The third-order valence-corrected chi connectivity index (χ3v) is 3.06. The van der Waals surface area contributed by atoms with Gasteiger partial charge in [0.15, 0.2) is 5.16 Å². The third kappa shape index (κ3) is 3.99. The van der Waals surface area contributed by atoms with Crippen LogP contribution in [-0.4, -0.2) is 32.8 Å². The Morgan fingerprint density at radius 2 is 2.24 bits per heavy atom. The minimum absolute atomic E-state index is 0.0698. The van der Waals surface area contributed by atoms with Crippen LogP contribution in [0.4, 0.5) is 8.78 Å². The molecule has 0 aromatic carbocycles. The molecule has 7 heteroatoms. The molecule has 0 aliphatic heterocycles. The number of thioether (sulfide) groups is 1. The Morgan fingerprint density at radius 1 is 1.59 bits per heavy atom. The highest BCUT2D eigenvalue weighted by Gasteiger charge is 2.17. The van der Waals surface area contributed by atoms with E-state index in [1.807, 2.05) is 13.8 Å². The smallest absolute Gasteiger partial charge is 0.313 e. The quantitative estimate of drug-likeness (QED) is 0.802. The molecule has 1 aromatic heterocycles. The van der Waals surface area contributed by atoms with Crippen LogP contribution in [0.25, 0.3) is 0 Å². The summed E-state index contributed by atoms with van der Waals surface area (Å²) in [7, 11) is 0. The fourth-order valence-electron chi connectivity index (χ4n) is 1.39. The third-order valence-electron chi connectivity index (χ3n) is 2.09. The van der Waals surface area contributed by atoms with Crippen molar-refractivity contribution in [3.05, 3.63) is 11.9 Å². The lowest BCUT2D eigenvalue weighted by Gasteiger charge is -2.12. The van der Waals surface area contributed by atoms with Gasteiger partial charge < -0.3 is 9.67 Å². The summed E-state index contributed by atoms with van der Waals surface area (Å²) in [6.07, 6.45) is -0.956. The molecule has 17 heavy (non-hydrogen) atoms. The Hall–Kier alpha value is -1.11. The average molecular weight is 264 g/mol. The topological polar surface area (TPSA) is 55.1 Å². The summed E-state index contributed by atoms with van der Waals surface area (Å²) in [6.45, 7) is 3.31. The summed E-state index contributed by atoms with van der Waals surface area (Å²) in [4.78, 5) is 14.4. The number of carboxylic acids is 1. The molecule has 96 valence electrons. The van der Waals surface area contributed by atoms with Crippen LogP contribution in [0.2, 0.25) is 0 Å². The summed E-state index contributed by atoms with van der Waals surface area (Å²) >= 11 is 0.954. The number of aliphatic carboxylic acids is 1. The van der Waals surface area contributed by atoms with Crippen LogP contribution in [0.3, 0.4) is 0 Å². The minimum Gasteiger partial charge on any atom is -0.481 e. The fraction of sp³-hybridized carbons (Fsp3) is 0.600. The molecule has 1 heterocycles. The van der Waals surface area contributed by atoms with Gasteiger partial charge in [-0.05, 0) is 5.92 Å². The number of hydrogen-bond acceptors (Lipinski definition) is 3. The van der Waals surface area contributed by atoms with Crippen molar-refractivity contribution >= 4 is 17.7 Å². The van der Waals surface area contributed by atoms with Gasteiger partial charge in [-0.3, -0.25) is 4.79 Å². The second-order valence-electron chi connectivity index (χ2n) is 3.80. The summed E-state index contributed by atoms with van der Waals surface area (Å²) in [6, 6.07) is 0. The first kappa shape index (κ1) is 14.0. The predicted molar refractivity (Wildman–Crippen MR) is 60.7 cm³/mol. The van der Waals surface area contributed by atoms with Crippen LogP contribution >= 0.6 is 11.8 Å². The molecule has 1 aromatic rings. The van der Waals surface area contributed by atoms with E-state index in [1.54, 1.807) is 0 Å². The molecule has 1 N–H and O–H groups in total. The van der Waals surface area contributed by atoms with Gasteiger partial charge in [-0.1, -0.05) is 25.6 Å². The molecule has 0 aliphatic rings. The number of imidazole rings is 1. The number of carbonyl (C=O) groups is 1. The zero-order valence-electron chi connectivity index (χ0n) is 9.56. The van der Waals surface area contributed by atoms with E-state index in [9.17, 15) is 13.6 Å². The first-order valence-electron chi connectivity index (χ1n) is 5.10. The Morgan fingerprint density at radius 3 is 2.71 bits per heavy atom. The zero-order valence-corrected chi connectivity index (χ0v) is 10.4. The van der Waals surface area contributed by atoms with Crippen LogP contribution in [0, 0.1) is 0 Å². The van der Waals surface area contributed by atoms with E-state index in [0.717, 1.165) is 11.8 Å². The van der Waals surface area contributed by atoms with E-state index < -0.39 is 18.9 Å². The van der Waals surface area contributed by atoms with Gasteiger partial charge in [0, 0.05) is 11.9 Å². The van der Waals surface area contributed by atoms with Gasteiger partial charge >= 0.3 is 5.97 Å². The van der Waals surface area contributed by atoms with Crippen LogP contribution in [0.1, 0.15) is 25.5 Å². The summed E-state index contributed by atoms with van der Waals surface area (Å²) in [5.41, 5.74) is 0.693. The molecule has 0 aliphatic carbocycles. The van der Waals surface area contributed by atoms with E-state index in [0.29, 0.717) is 10.9 Å². The van der Waals surface area contributed by atoms with Gasteiger partial charge in [0.25, 0.3) is 6.43 Å². The normalized spacial score (nSPS) is 11.4. The molecular weight excluding hydrogens is 250 g/mol. The van der Waals surface area contributed by atoms with E-state index in [-0.39, 0.29) is 11.7 Å². The average Bonchev–Trinajstić information content (AvgIpc) is 2.57. The number of carboxylic acid groups (broad SMARTS) is 1. The largest absolute Gasteiger partial charge is 0.481 e. The van der Waals surface area contributed by atoms with Crippen LogP contribution < -0.4 is 0 Å². The molecule has 4 nitrogen and oxygen atoms in total. The Balaban J connectivity index is 2.91. The molecular formula is C10H14F2N2O2S. The number of nitrogens with zero attached hydrogens (tertiary/aromatic N) is 2. The van der Waals surface area contributed by atoms with Gasteiger partial charge in [-0.15, -0.1) is 0 Å². The van der Waals surface area contributed by atoms with Gasteiger partial charge in [-0.2, -0.15) is 0 Å². The number of halogens is 2. The summed E-state index contributed by atoms with van der Waals surface area (Å²) in [5.74, 6) is -1.11. The Labute approximate surface area is 102 Å². The van der Waals surface area contributed by atoms with Crippen molar-refractivity contribution in [1.82, 2.24) is 9.55 Å². The van der Waals surface area contributed by atoms with Gasteiger partial charge in [0.1, 0.15) is 0 Å². The SMILES string of the molecule is CC(C)c1cnc(SCC(=O)O)n1CC(F)F. The lowest BCUT2D eigenvalue weighted by Crippen LogP contribution is -2.12. The molecule has 0 atom stereocenters. The highest BCUT2D eigenvalue weighted by atomic mass is 32.2. The first-order valence-corrected chi connectivity index (χ1v) is 6.08. The monoisotopic (exact) mass is 264 g/mol. The van der Waals surface area contributed by atoms with E-state index in [1.165, 1.54) is 10.8 Å². The molecule has 0 amide bonds. The molecule has 0 saturated carbocycles. The standard InChI is InChI=1S/C10H14F2N2O2S/c1-6(2)7-3-13-10(17-5-9(15)16)14(7)4-8(11)12/h3,6,8H,4-5H2,1-2H3,(H,15,16). The second kappa shape index (κ2) is 6.00. The Kier molecular flexibility index (Phi) is 4.92. The molecule has 0 spiro atoms. The van der Waals surface area contributed by atoms with Crippen molar-refractivity contribution < 1.29 is 18.7 Å². The molecule has 1 rings (SSSR count). The van der Waals surface area contributed by atoms with Crippen molar-refractivity contribution in [3.8, 4) is 0 Å². The molecule has 0 saturated heterocycles. The van der Waals surface area contributed by atoms with Gasteiger partial charge in [0.2, 0.25) is 0 Å². The van der Waals surface area contributed by atoms with Gasteiger partial charge in [0.05, 0.1) is 12.3 Å². The predicted octanol–water partition coefficient (Wildman–Crippen LogP) is 2.45. The fourth-order valence-corrected chi connectivity index (χ4v) is 2.11. The van der Waals surface area contributed by atoms with E-state index in [4.69, 9.17) is 5.11 Å². The summed E-state index contributed by atoms with van der Waals surface area (Å²) < 4.78 is 26.3. The lowest BCUT2D eigenvalue weighted by atomic mass is 10.1. The Bertz CT molecular complexity index is 394. The van der Waals surface area contributed by atoms with Crippen molar-refractivity contribution in [3.63, 3.8) is 0 Å². The maximum atomic E-state index is 12.4. The maximum absolute atomic E-state index is 12.4. The molecule has 0 fully saturated rings. The van der Waals surface area contributed by atoms with Crippen molar-refractivity contribution in [2.75, 3.05) is 5.75 Å². The van der Waals surface area contributed by atoms with Crippen LogP contribution in [0.15, 0.2) is 11.4 Å². The van der Waals surface area contributed by atoms with Crippen molar-refractivity contribution in [2.24, 2.45) is 0 Å². The van der Waals surface area contributed by atoms with Crippen LogP contribution in [-0.2, 0) is 11.3 Å². The van der Waals surface area contributed by atoms with Crippen molar-refractivity contribution in [2.45, 2.75) is 37.9 Å². The highest BCUT2D eigenvalue weighted by molar-refractivity contribution is 7.99. The number of aromatic nitrogens is 2. The first-order chi connectivity index (χ1) is 7.91. The van der Waals surface area contributed by atoms with Crippen molar-refractivity contribution in [1.29, 1.82) is 0 Å². The second-order valence-corrected chi connectivity index (χ2v) is 4.75. The lowest BCUT2D eigenvalue weighted by molar-refractivity contribution is -0.133. The summed E-state index contributed by atoms with van der Waals surface area (Å²) in [5, 5.41) is 8.89. The molecule has 0 unspecified atom stereocenters. The number of hydrogen-bond donors (Lipinski definition) is 1. The maximum Gasteiger partial charge on any atom is 0.313 e. The van der Waals surface area contributed by atoms with Gasteiger partial charge in [-0.25, -0.2) is 13.8 Å². The molecule has 0 bridgehead atoms. The molecule has 0 radical (unpaired) electrons. The number of alkyl halides is 2. The minimum atomic E-state index is -2.48. The zero-order chi connectivity index (χ0) is 13.0. The van der Waals surface area contributed by atoms with E-state index >= 15 is 0 Å².